The maximum atomic E-state index is 10.5. The van der Waals surface area contributed by atoms with Crippen molar-refractivity contribution in [2.24, 2.45) is 0 Å². The van der Waals surface area contributed by atoms with Crippen LogP contribution >= 0.6 is 20.0 Å². The minimum atomic E-state index is -3.17. The van der Waals surface area contributed by atoms with Gasteiger partial charge in [-0.15, -0.1) is 12.4 Å². The summed E-state index contributed by atoms with van der Waals surface area (Å²) < 4.78 is 15.0. The number of rotatable bonds is 3. The van der Waals surface area contributed by atoms with Gasteiger partial charge in [-0.05, 0) is 6.92 Å². The van der Waals surface area contributed by atoms with E-state index in [9.17, 15) is 4.57 Å². The molecule has 0 amide bonds. The molecule has 0 aromatic heterocycles. The molecule has 58 valence electrons. The van der Waals surface area contributed by atoms with Crippen molar-refractivity contribution in [2.75, 3.05) is 12.8 Å². The molecule has 9 heavy (non-hydrogen) atoms. The average molecular weight is 175 g/mol. The Morgan fingerprint density at radius 1 is 1.56 bits per heavy atom. The van der Waals surface area contributed by atoms with Gasteiger partial charge in [-0.1, -0.05) is 6.92 Å². The topological polar surface area (TPSA) is 46.5 Å². The third-order valence-electron chi connectivity index (χ3n) is 0.730. The fourth-order valence-corrected chi connectivity index (χ4v) is 0.879. The van der Waals surface area contributed by atoms with Gasteiger partial charge in [-0.3, -0.25) is 4.57 Å². The van der Waals surface area contributed by atoms with Crippen LogP contribution in [-0.2, 0) is 9.09 Å². The van der Waals surface area contributed by atoms with E-state index in [2.05, 4.69) is 4.52 Å². The van der Waals surface area contributed by atoms with Gasteiger partial charge in [-0.2, -0.15) is 0 Å². The zero-order valence-electron chi connectivity index (χ0n) is 5.53. The minimum Gasteiger partial charge on any atom is -0.324 e. The Kier molecular flexibility index (Phi) is 7.08. The van der Waals surface area contributed by atoms with Crippen LogP contribution in [0.5, 0.6) is 0 Å². The van der Waals surface area contributed by atoms with E-state index in [1.54, 1.807) is 13.8 Å². The number of hydrogen-bond donors (Lipinski definition) is 1. The van der Waals surface area contributed by atoms with Crippen LogP contribution in [0.15, 0.2) is 0 Å². The Morgan fingerprint density at radius 2 is 2.00 bits per heavy atom. The summed E-state index contributed by atoms with van der Waals surface area (Å²) >= 11 is 0. The summed E-state index contributed by atoms with van der Waals surface area (Å²) in [7, 11) is -3.17. The second-order valence-corrected chi connectivity index (χ2v) is 3.54. The van der Waals surface area contributed by atoms with Gasteiger partial charge in [-0.25, -0.2) is 0 Å². The van der Waals surface area contributed by atoms with E-state index >= 15 is 0 Å². The molecule has 0 aromatic rings. The van der Waals surface area contributed by atoms with Crippen LogP contribution in [0.4, 0.5) is 0 Å². The number of hydrogen-bond acceptors (Lipinski definition) is 2. The van der Waals surface area contributed by atoms with E-state index in [0.717, 1.165) is 0 Å². The fourth-order valence-electron chi connectivity index (χ4n) is 0.293. The first-order valence-electron chi connectivity index (χ1n) is 2.58. The Bertz CT molecular complexity index is 106. The SMILES string of the molecule is CCOP(=O)(O)CC.Cl. The molecule has 3 nitrogen and oxygen atoms in total. The molecule has 0 fully saturated rings. The molecule has 0 bridgehead atoms. The van der Waals surface area contributed by atoms with E-state index in [1.165, 1.54) is 0 Å². The smallest absolute Gasteiger partial charge is 0.324 e. The molecule has 0 spiro atoms. The summed E-state index contributed by atoms with van der Waals surface area (Å²) in [5, 5.41) is 0. The fraction of sp³-hybridized carbons (Fsp3) is 1.00. The Morgan fingerprint density at radius 3 is 2.11 bits per heavy atom. The summed E-state index contributed by atoms with van der Waals surface area (Å²) in [6, 6.07) is 0. The lowest BCUT2D eigenvalue weighted by Gasteiger charge is -2.05. The predicted molar refractivity (Wildman–Crippen MR) is 39.2 cm³/mol. The van der Waals surface area contributed by atoms with Gasteiger partial charge < -0.3 is 9.42 Å². The first-order valence-corrected chi connectivity index (χ1v) is 4.35. The van der Waals surface area contributed by atoms with Crippen LogP contribution in [0.3, 0.4) is 0 Å². The van der Waals surface area contributed by atoms with Gasteiger partial charge in [0, 0.05) is 6.16 Å². The molecular formula is C4H12ClO3P. The second kappa shape index (κ2) is 5.24. The van der Waals surface area contributed by atoms with Crippen molar-refractivity contribution in [2.45, 2.75) is 13.8 Å². The lowest BCUT2D eigenvalue weighted by molar-refractivity contribution is 0.275. The van der Waals surface area contributed by atoms with Gasteiger partial charge in [0.25, 0.3) is 0 Å². The summed E-state index contributed by atoms with van der Waals surface area (Å²) in [5.74, 6) is 0. The van der Waals surface area contributed by atoms with Crippen molar-refractivity contribution in [3.8, 4) is 0 Å². The molecule has 5 heteroatoms. The van der Waals surface area contributed by atoms with Crippen molar-refractivity contribution >= 4 is 20.0 Å². The van der Waals surface area contributed by atoms with Crippen molar-refractivity contribution in [3.05, 3.63) is 0 Å². The van der Waals surface area contributed by atoms with Crippen LogP contribution < -0.4 is 0 Å². The summed E-state index contributed by atoms with van der Waals surface area (Å²) in [6.07, 6.45) is 0.195. The highest BCUT2D eigenvalue weighted by atomic mass is 35.5. The Hall–Kier alpha value is 0.440. The monoisotopic (exact) mass is 174 g/mol. The van der Waals surface area contributed by atoms with Gasteiger partial charge in [0.15, 0.2) is 0 Å². The van der Waals surface area contributed by atoms with Crippen LogP contribution in [0.1, 0.15) is 13.8 Å². The summed E-state index contributed by atoms with van der Waals surface area (Å²) in [4.78, 5) is 8.66. The Balaban J connectivity index is 0. The molecule has 0 rings (SSSR count). The van der Waals surface area contributed by atoms with Crippen LogP contribution in [0.25, 0.3) is 0 Å². The third-order valence-corrected chi connectivity index (χ3v) is 2.19. The predicted octanol–water partition coefficient (Wildman–Crippen LogP) is 1.65. The lowest BCUT2D eigenvalue weighted by Crippen LogP contribution is -1.89. The average Bonchev–Trinajstić information content (AvgIpc) is 1.67. The molecule has 0 aliphatic rings. The van der Waals surface area contributed by atoms with Gasteiger partial charge in [0.2, 0.25) is 0 Å². The quantitative estimate of drug-likeness (QED) is 0.662. The van der Waals surface area contributed by atoms with Gasteiger partial charge in [0.05, 0.1) is 6.61 Å². The first kappa shape index (κ1) is 12.1. The van der Waals surface area contributed by atoms with E-state index in [0.29, 0.717) is 6.61 Å². The molecule has 1 unspecified atom stereocenters. The molecule has 0 heterocycles. The van der Waals surface area contributed by atoms with E-state index in [4.69, 9.17) is 4.89 Å². The molecule has 0 aromatic carbocycles. The maximum Gasteiger partial charge on any atom is 0.327 e. The number of halogens is 1. The molecule has 0 aliphatic heterocycles. The van der Waals surface area contributed by atoms with Crippen LogP contribution in [0, 0.1) is 0 Å². The standard InChI is InChI=1S/C4H11O3P.ClH/c1-3-7-8(5,6)4-2;/h3-4H2,1-2H3,(H,5,6);1H. The molecule has 1 N–H and O–H groups in total. The van der Waals surface area contributed by atoms with Gasteiger partial charge in [0.1, 0.15) is 0 Å². The Labute approximate surface area is 61.4 Å². The molecule has 0 radical (unpaired) electrons. The van der Waals surface area contributed by atoms with E-state index in [1.807, 2.05) is 0 Å². The summed E-state index contributed by atoms with van der Waals surface area (Å²) in [5.41, 5.74) is 0. The molecule has 0 saturated carbocycles. The van der Waals surface area contributed by atoms with Crippen molar-refractivity contribution in [3.63, 3.8) is 0 Å². The molecule has 1 atom stereocenters. The highest BCUT2D eigenvalue weighted by Gasteiger charge is 2.12. The van der Waals surface area contributed by atoms with E-state index in [-0.39, 0.29) is 18.6 Å². The normalized spacial score (nSPS) is 15.9. The molecular weight excluding hydrogens is 162 g/mol. The van der Waals surface area contributed by atoms with Crippen molar-refractivity contribution in [1.82, 2.24) is 0 Å². The van der Waals surface area contributed by atoms with E-state index < -0.39 is 7.60 Å². The maximum absolute atomic E-state index is 10.5. The van der Waals surface area contributed by atoms with Crippen LogP contribution in [0.2, 0.25) is 0 Å². The third kappa shape index (κ3) is 6.32. The van der Waals surface area contributed by atoms with Crippen LogP contribution in [-0.4, -0.2) is 17.7 Å². The minimum absolute atomic E-state index is 0. The second-order valence-electron chi connectivity index (χ2n) is 1.37. The zero-order chi connectivity index (χ0) is 6.62. The van der Waals surface area contributed by atoms with Gasteiger partial charge >= 0.3 is 7.60 Å². The zero-order valence-corrected chi connectivity index (χ0v) is 7.24. The largest absolute Gasteiger partial charge is 0.327 e. The summed E-state index contributed by atoms with van der Waals surface area (Å²) in [6.45, 7) is 3.62. The molecule has 0 saturated heterocycles. The van der Waals surface area contributed by atoms with Crippen molar-refractivity contribution in [1.29, 1.82) is 0 Å². The lowest BCUT2D eigenvalue weighted by atomic mass is 10.9. The first-order chi connectivity index (χ1) is 3.62. The highest BCUT2D eigenvalue weighted by molar-refractivity contribution is 7.52. The highest BCUT2D eigenvalue weighted by Crippen LogP contribution is 2.40. The molecule has 0 aliphatic carbocycles. The van der Waals surface area contributed by atoms with Crippen molar-refractivity contribution < 1.29 is 14.0 Å².